The zero-order valence-corrected chi connectivity index (χ0v) is 22.4. The molecule has 0 saturated carbocycles. The fourth-order valence-electron chi connectivity index (χ4n) is 3.31. The van der Waals surface area contributed by atoms with Gasteiger partial charge in [0.2, 0.25) is 5.91 Å². The molecule has 5 heteroatoms. The van der Waals surface area contributed by atoms with Crippen molar-refractivity contribution in [2.45, 2.75) is 60.9 Å². The second kappa shape index (κ2) is 15.9. The lowest BCUT2D eigenvalue weighted by molar-refractivity contribution is -0.123. The summed E-state index contributed by atoms with van der Waals surface area (Å²) in [4.78, 5) is 42.8. The molecule has 3 aromatic carbocycles. The zero-order chi connectivity index (χ0) is 27.1. The number of rotatable bonds is 8. The molecule has 5 nitrogen and oxygen atoms in total. The van der Waals surface area contributed by atoms with Gasteiger partial charge in [0.15, 0.2) is 11.6 Å². The summed E-state index contributed by atoms with van der Waals surface area (Å²) in [5.74, 6) is -0.821. The van der Waals surface area contributed by atoms with Gasteiger partial charge < -0.3 is 4.90 Å². The van der Waals surface area contributed by atoms with Gasteiger partial charge in [0.1, 0.15) is 0 Å². The molecule has 36 heavy (non-hydrogen) atoms. The van der Waals surface area contributed by atoms with E-state index in [2.05, 4.69) is 25.4 Å². The number of Topliss-reactive ketones (excluding diaryl/α,β-unsaturated/α-hetero) is 2. The summed E-state index contributed by atoms with van der Waals surface area (Å²) in [7, 11) is 0. The first-order chi connectivity index (χ1) is 17.3. The Hall–Kier alpha value is -3.86. The van der Waals surface area contributed by atoms with Crippen LogP contribution in [0, 0.1) is 0 Å². The van der Waals surface area contributed by atoms with Crippen molar-refractivity contribution in [3.63, 3.8) is 0 Å². The molecule has 0 saturated heterocycles. The first kappa shape index (κ1) is 30.2. The number of fused-ring (bicyclic) bond motifs is 1. The van der Waals surface area contributed by atoms with E-state index in [0.29, 0.717) is 11.3 Å². The number of carbonyl (C=O) groups excluding carboxylic acids is 3. The van der Waals surface area contributed by atoms with E-state index in [1.807, 2.05) is 56.3 Å². The van der Waals surface area contributed by atoms with Crippen molar-refractivity contribution in [1.29, 1.82) is 0 Å². The van der Waals surface area contributed by atoms with Crippen LogP contribution in [-0.4, -0.2) is 23.2 Å². The van der Waals surface area contributed by atoms with Crippen LogP contribution in [0.4, 0.5) is 5.69 Å². The molecular formula is C31H40N2O3. The van der Waals surface area contributed by atoms with Crippen molar-refractivity contribution < 1.29 is 15.8 Å². The Morgan fingerprint density at radius 1 is 0.917 bits per heavy atom. The van der Waals surface area contributed by atoms with Crippen LogP contribution in [0.5, 0.6) is 0 Å². The Morgan fingerprint density at radius 2 is 1.56 bits per heavy atom. The van der Waals surface area contributed by atoms with Crippen LogP contribution in [0.2, 0.25) is 0 Å². The smallest absolute Gasteiger partial charge is 0.235 e. The minimum Gasteiger partial charge on any atom is -0.308 e. The molecule has 0 heterocycles. The number of anilines is 1. The first-order valence-electron chi connectivity index (χ1n) is 12.4. The number of nitrogens with zero attached hydrogens (tertiary/aromatic N) is 2. The van der Waals surface area contributed by atoms with Crippen LogP contribution in [0.25, 0.3) is 10.8 Å². The molecule has 0 fully saturated rings. The normalized spacial score (nSPS) is 10.3. The minimum atomic E-state index is -0.365. The van der Waals surface area contributed by atoms with E-state index >= 15 is 0 Å². The summed E-state index contributed by atoms with van der Waals surface area (Å²) < 4.78 is 0. The third-order valence-electron chi connectivity index (χ3n) is 5.02. The van der Waals surface area contributed by atoms with Gasteiger partial charge in [-0.05, 0) is 48.4 Å². The summed E-state index contributed by atoms with van der Waals surface area (Å²) in [6, 6.07) is 20.9. The van der Waals surface area contributed by atoms with E-state index < -0.39 is 0 Å². The van der Waals surface area contributed by atoms with Crippen molar-refractivity contribution >= 4 is 39.6 Å². The third-order valence-corrected chi connectivity index (χ3v) is 5.02. The van der Waals surface area contributed by atoms with Crippen molar-refractivity contribution in [3.8, 4) is 0 Å². The maximum absolute atomic E-state index is 13.2. The highest BCUT2D eigenvalue weighted by Gasteiger charge is 2.21. The van der Waals surface area contributed by atoms with Crippen molar-refractivity contribution in [2.75, 3.05) is 4.90 Å². The van der Waals surface area contributed by atoms with Gasteiger partial charge in [-0.15, -0.1) is 0 Å². The number of amides is 1. The molecule has 0 aliphatic rings. The molecular weight excluding hydrogens is 448 g/mol. The largest absolute Gasteiger partial charge is 0.308 e. The van der Waals surface area contributed by atoms with E-state index in [1.165, 1.54) is 24.4 Å². The maximum Gasteiger partial charge on any atom is 0.235 e. The predicted octanol–water partition coefficient (Wildman–Crippen LogP) is 7.83. The Bertz CT molecular complexity index is 1220. The highest BCUT2D eigenvalue weighted by Crippen LogP contribution is 2.23. The Morgan fingerprint density at radius 3 is 2.17 bits per heavy atom. The van der Waals surface area contributed by atoms with Crippen LogP contribution in [0.15, 0.2) is 84.5 Å². The molecule has 192 valence electrons. The maximum atomic E-state index is 13.2. The Kier molecular flexibility index (Phi) is 13.4. The molecule has 0 radical (unpaired) electrons. The zero-order valence-electron chi connectivity index (χ0n) is 22.4. The molecule has 0 atom stereocenters. The van der Waals surface area contributed by atoms with Gasteiger partial charge in [0.25, 0.3) is 0 Å². The molecule has 0 spiro atoms. The monoisotopic (exact) mass is 488 g/mol. The fourth-order valence-corrected chi connectivity index (χ4v) is 3.31. The standard InChI is InChI=1S/C26H24N2O3.C3H8.C2H6.H2/c1-4-27-18(2)25(30)16-26(31)28(24-11-7-10-22(15-24)19(3)29)17-20-12-13-21-8-5-6-9-23(21)14-20;1-3-2;1-2;/h4-15H,1,16-17H2,2-3H3;3H2,1-2H3;1-2H3;1H. The molecule has 0 unspecified atom stereocenters. The Labute approximate surface area is 217 Å². The van der Waals surface area contributed by atoms with E-state index in [1.54, 1.807) is 31.2 Å². The lowest BCUT2D eigenvalue weighted by Gasteiger charge is -2.23. The summed E-state index contributed by atoms with van der Waals surface area (Å²) in [5.41, 5.74) is 2.22. The highest BCUT2D eigenvalue weighted by atomic mass is 16.2. The molecule has 0 aliphatic heterocycles. The van der Waals surface area contributed by atoms with E-state index in [4.69, 9.17) is 0 Å². The van der Waals surface area contributed by atoms with Crippen LogP contribution in [-0.2, 0) is 16.1 Å². The molecule has 3 rings (SSSR count). The van der Waals surface area contributed by atoms with Gasteiger partial charge in [-0.3, -0.25) is 19.4 Å². The lowest BCUT2D eigenvalue weighted by Crippen LogP contribution is -2.33. The summed E-state index contributed by atoms with van der Waals surface area (Å²) in [6.07, 6.45) is 2.21. The number of hydrogen-bond donors (Lipinski definition) is 0. The van der Waals surface area contributed by atoms with Gasteiger partial charge in [-0.25, -0.2) is 0 Å². The van der Waals surface area contributed by atoms with Crippen molar-refractivity contribution in [3.05, 3.63) is 90.6 Å². The third kappa shape index (κ3) is 9.06. The minimum absolute atomic E-state index is 0. The van der Waals surface area contributed by atoms with Gasteiger partial charge in [-0.1, -0.05) is 89.2 Å². The average molecular weight is 489 g/mol. The Balaban J connectivity index is 0.00000201. The van der Waals surface area contributed by atoms with Crippen molar-refractivity contribution in [2.24, 2.45) is 4.99 Å². The molecule has 1 amide bonds. The fraction of sp³-hybridized carbons (Fsp3) is 0.290. The van der Waals surface area contributed by atoms with E-state index in [9.17, 15) is 14.4 Å². The van der Waals surface area contributed by atoms with Crippen LogP contribution >= 0.6 is 0 Å². The SMILES string of the molecule is C=CN=C(C)C(=O)CC(=O)N(Cc1ccc2ccccc2c1)c1cccc(C(C)=O)c1.CC.CCC.[HH]. The van der Waals surface area contributed by atoms with Gasteiger partial charge in [0, 0.05) is 18.9 Å². The number of benzene rings is 3. The highest BCUT2D eigenvalue weighted by molar-refractivity contribution is 6.42. The summed E-state index contributed by atoms with van der Waals surface area (Å²) in [5, 5.41) is 2.17. The molecule has 0 bridgehead atoms. The molecule has 0 aliphatic carbocycles. The number of carbonyl (C=O) groups is 3. The number of hydrogen-bond acceptors (Lipinski definition) is 4. The lowest BCUT2D eigenvalue weighted by atomic mass is 10.1. The molecule has 0 aromatic heterocycles. The topological polar surface area (TPSA) is 66.8 Å². The second-order valence-corrected chi connectivity index (χ2v) is 7.97. The summed E-state index contributed by atoms with van der Waals surface area (Å²) in [6.45, 7) is 15.0. The first-order valence-corrected chi connectivity index (χ1v) is 12.4. The van der Waals surface area contributed by atoms with Crippen LogP contribution in [0.1, 0.15) is 71.7 Å². The average Bonchev–Trinajstić information content (AvgIpc) is 2.89. The van der Waals surface area contributed by atoms with Gasteiger partial charge in [-0.2, -0.15) is 0 Å². The number of ketones is 2. The van der Waals surface area contributed by atoms with Crippen molar-refractivity contribution in [1.82, 2.24) is 0 Å². The van der Waals surface area contributed by atoms with Gasteiger partial charge >= 0.3 is 0 Å². The molecule has 0 N–H and O–H groups in total. The number of aliphatic imine (C=N–C) groups is 1. The molecule has 3 aromatic rings. The second-order valence-electron chi connectivity index (χ2n) is 7.97. The quantitative estimate of drug-likeness (QED) is 0.184. The van der Waals surface area contributed by atoms with Crippen LogP contribution < -0.4 is 4.90 Å². The van der Waals surface area contributed by atoms with Gasteiger partial charge in [0.05, 0.1) is 18.7 Å². The summed E-state index contributed by atoms with van der Waals surface area (Å²) >= 11 is 0. The van der Waals surface area contributed by atoms with E-state index in [0.717, 1.165) is 16.3 Å². The van der Waals surface area contributed by atoms with Crippen LogP contribution in [0.3, 0.4) is 0 Å². The van der Waals surface area contributed by atoms with E-state index in [-0.39, 0.29) is 37.6 Å². The predicted molar refractivity (Wildman–Crippen MR) is 154 cm³/mol.